The first-order valence-electron chi connectivity index (χ1n) is 8.99. The summed E-state index contributed by atoms with van der Waals surface area (Å²) in [6, 6.07) is 0. The molecule has 0 amide bonds. The van der Waals surface area contributed by atoms with Gasteiger partial charge in [-0.25, -0.2) is 0 Å². The second kappa shape index (κ2) is 23.8. The molecule has 0 aliphatic heterocycles. The van der Waals surface area contributed by atoms with E-state index in [1.165, 1.54) is 83.5 Å². The molecular weight excluding hydrogens is 375 g/mol. The van der Waals surface area contributed by atoms with Gasteiger partial charge in [-0.05, 0) is 6.42 Å². The molecule has 142 valence electrons. The molecule has 4 heteroatoms. The first kappa shape index (κ1) is 27.4. The molecular formula is C18H36Cu2O2. The van der Waals surface area contributed by atoms with Gasteiger partial charge in [0.05, 0.1) is 0 Å². The van der Waals surface area contributed by atoms with Gasteiger partial charge in [0.25, 0.3) is 0 Å². The smallest absolute Gasteiger partial charge is 0.303 e. The van der Waals surface area contributed by atoms with E-state index in [4.69, 9.17) is 5.11 Å². The summed E-state index contributed by atoms with van der Waals surface area (Å²) in [5.74, 6) is -0.653. The standard InChI is InChI=1S/C18H36O2.2Cu/c1-2-3-4-5-6-7-8-9-10-11-12-13-14-15-16-17-18(19)20;;/h2-17H2,1H3,(H,19,20);;. The molecule has 0 aromatic heterocycles. The van der Waals surface area contributed by atoms with E-state index in [9.17, 15) is 4.79 Å². The largest absolute Gasteiger partial charge is 0.481 e. The van der Waals surface area contributed by atoms with Gasteiger partial charge in [-0.2, -0.15) is 0 Å². The summed E-state index contributed by atoms with van der Waals surface area (Å²) in [6.45, 7) is 2.27. The van der Waals surface area contributed by atoms with Crippen LogP contribution in [0.3, 0.4) is 0 Å². The molecule has 0 rings (SSSR count). The maximum absolute atomic E-state index is 10.3. The predicted octanol–water partition coefficient (Wildman–Crippen LogP) is 6.33. The fourth-order valence-corrected chi connectivity index (χ4v) is 2.65. The zero-order valence-electron chi connectivity index (χ0n) is 14.3. The van der Waals surface area contributed by atoms with Gasteiger partial charge >= 0.3 is 5.97 Å². The van der Waals surface area contributed by atoms with Gasteiger partial charge in [0.1, 0.15) is 0 Å². The van der Waals surface area contributed by atoms with Gasteiger partial charge in [0, 0.05) is 40.6 Å². The molecule has 0 spiro atoms. The van der Waals surface area contributed by atoms with Crippen molar-refractivity contribution in [2.75, 3.05) is 0 Å². The summed E-state index contributed by atoms with van der Waals surface area (Å²) < 4.78 is 0. The molecule has 2 radical (unpaired) electrons. The Bertz CT molecular complexity index is 211. The summed E-state index contributed by atoms with van der Waals surface area (Å²) >= 11 is 0. The molecule has 0 heterocycles. The maximum Gasteiger partial charge on any atom is 0.303 e. The molecule has 22 heavy (non-hydrogen) atoms. The molecule has 0 aliphatic rings. The van der Waals surface area contributed by atoms with Crippen LogP contribution >= 0.6 is 0 Å². The van der Waals surface area contributed by atoms with Gasteiger partial charge in [-0.3, -0.25) is 4.79 Å². The quantitative estimate of drug-likeness (QED) is 0.238. The third-order valence-electron chi connectivity index (χ3n) is 3.99. The molecule has 0 bridgehead atoms. The Morgan fingerprint density at radius 2 is 0.864 bits per heavy atom. The number of unbranched alkanes of at least 4 members (excludes halogenated alkanes) is 14. The summed E-state index contributed by atoms with van der Waals surface area (Å²) in [6.07, 6.45) is 20.2. The van der Waals surface area contributed by atoms with Crippen molar-refractivity contribution in [1.29, 1.82) is 0 Å². The van der Waals surface area contributed by atoms with Crippen LogP contribution in [0.2, 0.25) is 0 Å². The number of carboxylic acid groups (broad SMARTS) is 1. The number of hydrogen-bond donors (Lipinski definition) is 1. The molecule has 0 aliphatic carbocycles. The van der Waals surface area contributed by atoms with Crippen molar-refractivity contribution >= 4 is 5.97 Å². The summed E-state index contributed by atoms with van der Waals surface area (Å²) in [5.41, 5.74) is 0. The van der Waals surface area contributed by atoms with Crippen molar-refractivity contribution in [2.24, 2.45) is 0 Å². The van der Waals surface area contributed by atoms with E-state index in [1.54, 1.807) is 0 Å². The van der Waals surface area contributed by atoms with Crippen LogP contribution in [0.25, 0.3) is 0 Å². The fraction of sp³-hybridized carbons (Fsp3) is 0.944. The first-order chi connectivity index (χ1) is 9.77. The van der Waals surface area contributed by atoms with Crippen LogP contribution in [0.1, 0.15) is 110 Å². The Kier molecular flexibility index (Phi) is 29.6. The minimum atomic E-state index is -0.653. The first-order valence-corrected chi connectivity index (χ1v) is 8.99. The van der Waals surface area contributed by atoms with Crippen molar-refractivity contribution in [3.63, 3.8) is 0 Å². The van der Waals surface area contributed by atoms with Gasteiger partial charge in [0.15, 0.2) is 0 Å². The molecule has 0 saturated heterocycles. The topological polar surface area (TPSA) is 37.3 Å². The second-order valence-corrected chi connectivity index (χ2v) is 6.09. The van der Waals surface area contributed by atoms with Crippen molar-refractivity contribution < 1.29 is 44.0 Å². The average molecular weight is 412 g/mol. The minimum Gasteiger partial charge on any atom is -0.481 e. The van der Waals surface area contributed by atoms with Crippen LogP contribution in [-0.2, 0) is 38.9 Å². The van der Waals surface area contributed by atoms with E-state index in [0.29, 0.717) is 6.42 Å². The summed E-state index contributed by atoms with van der Waals surface area (Å²) in [7, 11) is 0. The van der Waals surface area contributed by atoms with Gasteiger partial charge in [-0.15, -0.1) is 0 Å². The van der Waals surface area contributed by atoms with Crippen molar-refractivity contribution in [1.82, 2.24) is 0 Å². The Labute approximate surface area is 159 Å². The fourth-order valence-electron chi connectivity index (χ4n) is 2.65. The van der Waals surface area contributed by atoms with Crippen LogP contribution in [-0.4, -0.2) is 11.1 Å². The molecule has 0 fully saturated rings. The predicted molar refractivity (Wildman–Crippen MR) is 87.2 cm³/mol. The zero-order valence-corrected chi connectivity index (χ0v) is 16.2. The monoisotopic (exact) mass is 410 g/mol. The Morgan fingerprint density at radius 1 is 0.591 bits per heavy atom. The molecule has 0 atom stereocenters. The van der Waals surface area contributed by atoms with E-state index < -0.39 is 5.97 Å². The zero-order chi connectivity index (χ0) is 14.9. The van der Waals surface area contributed by atoms with E-state index in [2.05, 4.69) is 6.92 Å². The number of carbonyl (C=O) groups is 1. The van der Waals surface area contributed by atoms with Gasteiger partial charge < -0.3 is 5.11 Å². The SMILES string of the molecule is CCCCCCCCCCCCCCCCCC(=O)O.[Cu].[Cu]. The Morgan fingerprint density at radius 3 is 1.14 bits per heavy atom. The summed E-state index contributed by atoms with van der Waals surface area (Å²) in [5, 5.41) is 8.52. The van der Waals surface area contributed by atoms with Gasteiger partial charge in [0.2, 0.25) is 0 Å². The maximum atomic E-state index is 10.3. The third-order valence-corrected chi connectivity index (χ3v) is 3.99. The van der Waals surface area contributed by atoms with E-state index in [1.807, 2.05) is 0 Å². The van der Waals surface area contributed by atoms with Crippen LogP contribution < -0.4 is 0 Å². The van der Waals surface area contributed by atoms with Crippen LogP contribution in [0.15, 0.2) is 0 Å². The molecule has 2 nitrogen and oxygen atoms in total. The minimum absolute atomic E-state index is 0. The number of rotatable bonds is 16. The van der Waals surface area contributed by atoms with Crippen LogP contribution in [0.4, 0.5) is 0 Å². The molecule has 0 unspecified atom stereocenters. The van der Waals surface area contributed by atoms with Crippen molar-refractivity contribution in [2.45, 2.75) is 110 Å². The molecule has 1 N–H and O–H groups in total. The number of aliphatic carboxylic acids is 1. The molecule has 0 aromatic carbocycles. The normalized spacial score (nSPS) is 9.86. The van der Waals surface area contributed by atoms with Crippen LogP contribution in [0.5, 0.6) is 0 Å². The summed E-state index contributed by atoms with van der Waals surface area (Å²) in [4.78, 5) is 10.3. The third kappa shape index (κ3) is 25.5. The Hall–Kier alpha value is 0.509. The van der Waals surface area contributed by atoms with E-state index in [0.717, 1.165) is 12.8 Å². The number of carboxylic acids is 1. The van der Waals surface area contributed by atoms with Crippen LogP contribution in [0, 0.1) is 0 Å². The average Bonchev–Trinajstić information content (AvgIpc) is 2.43. The number of hydrogen-bond acceptors (Lipinski definition) is 1. The van der Waals surface area contributed by atoms with Gasteiger partial charge in [-0.1, -0.05) is 96.8 Å². The molecule has 0 aromatic rings. The van der Waals surface area contributed by atoms with E-state index >= 15 is 0 Å². The second-order valence-electron chi connectivity index (χ2n) is 6.09. The van der Waals surface area contributed by atoms with Crippen molar-refractivity contribution in [3.05, 3.63) is 0 Å². The van der Waals surface area contributed by atoms with E-state index in [-0.39, 0.29) is 34.1 Å². The van der Waals surface area contributed by atoms with Crippen molar-refractivity contribution in [3.8, 4) is 0 Å². The Balaban J connectivity index is -0.00000180. The molecule has 0 saturated carbocycles.